The van der Waals surface area contributed by atoms with Gasteiger partial charge in [-0.3, -0.25) is 4.79 Å². The maximum atomic E-state index is 13.1. The molecule has 0 atom stereocenters. The number of carbonyl (C=O) groups excluding carboxylic acids is 2. The quantitative estimate of drug-likeness (QED) is 0.584. The number of nitrogens with one attached hydrogen (secondary N) is 1. The van der Waals surface area contributed by atoms with E-state index in [1.54, 1.807) is 12.1 Å². The number of rotatable bonds is 5. The summed E-state index contributed by atoms with van der Waals surface area (Å²) in [6, 6.07) is 9.85. The molecule has 10 heteroatoms. The van der Waals surface area contributed by atoms with Crippen molar-refractivity contribution in [3.8, 4) is 0 Å². The highest BCUT2D eigenvalue weighted by atomic mass is 35.5. The smallest absolute Gasteiger partial charge is 0.418 e. The predicted octanol–water partition coefficient (Wildman–Crippen LogP) is 5.63. The standard InChI is InChI=1S/C19H15ClF3NO3S2/c20-13-5-6-15(14(9-13)19(21,22)23)24-16(25)10-27-17(26)11-1-3-12(4-2-11)18-28-7-8-29-18/h1-6,9,18H,7-8,10H2,(H,24,25). The van der Waals surface area contributed by atoms with Crippen LogP contribution in [0.25, 0.3) is 0 Å². The van der Waals surface area contributed by atoms with Gasteiger partial charge in [0.15, 0.2) is 6.61 Å². The second kappa shape index (κ2) is 9.32. The monoisotopic (exact) mass is 461 g/mol. The van der Waals surface area contributed by atoms with E-state index in [9.17, 15) is 22.8 Å². The number of esters is 1. The highest BCUT2D eigenvalue weighted by molar-refractivity contribution is 8.19. The Bertz CT molecular complexity index is 901. The summed E-state index contributed by atoms with van der Waals surface area (Å²) < 4.78 is 44.4. The van der Waals surface area contributed by atoms with Gasteiger partial charge < -0.3 is 10.1 Å². The molecule has 0 unspecified atom stereocenters. The summed E-state index contributed by atoms with van der Waals surface area (Å²) in [5.74, 6) is 0.544. The number of halogens is 4. The van der Waals surface area contributed by atoms with Crippen LogP contribution < -0.4 is 5.32 Å². The van der Waals surface area contributed by atoms with E-state index in [1.807, 2.05) is 35.7 Å². The molecule has 0 aromatic heterocycles. The van der Waals surface area contributed by atoms with Gasteiger partial charge in [0.1, 0.15) is 0 Å². The second-order valence-corrected chi connectivity index (χ2v) is 9.17. The number of hydrogen-bond acceptors (Lipinski definition) is 5. The fraction of sp³-hybridized carbons (Fsp3) is 0.263. The molecular weight excluding hydrogens is 447 g/mol. The summed E-state index contributed by atoms with van der Waals surface area (Å²) in [7, 11) is 0. The summed E-state index contributed by atoms with van der Waals surface area (Å²) in [4.78, 5) is 24.0. The van der Waals surface area contributed by atoms with Gasteiger partial charge in [-0.2, -0.15) is 13.2 Å². The second-order valence-electron chi connectivity index (χ2n) is 6.01. The van der Waals surface area contributed by atoms with Gasteiger partial charge in [-0.1, -0.05) is 23.7 Å². The van der Waals surface area contributed by atoms with E-state index in [-0.39, 0.29) is 10.6 Å². The largest absolute Gasteiger partial charge is 0.452 e. The fourth-order valence-corrected chi connectivity index (χ4v) is 5.62. The van der Waals surface area contributed by atoms with E-state index < -0.39 is 35.9 Å². The third-order valence-corrected chi connectivity index (χ3v) is 7.28. The Hall–Kier alpha value is -1.84. The molecule has 0 saturated carbocycles. The van der Waals surface area contributed by atoms with Crippen molar-refractivity contribution in [1.82, 2.24) is 0 Å². The Morgan fingerprint density at radius 2 is 1.76 bits per heavy atom. The highest BCUT2D eigenvalue weighted by Gasteiger charge is 2.34. The zero-order chi connectivity index (χ0) is 21.0. The average molecular weight is 462 g/mol. The number of anilines is 1. The van der Waals surface area contributed by atoms with Crippen molar-refractivity contribution in [3.05, 3.63) is 64.2 Å². The van der Waals surface area contributed by atoms with Crippen LogP contribution >= 0.6 is 35.1 Å². The number of thioether (sulfide) groups is 2. The number of ether oxygens (including phenoxy) is 1. The van der Waals surface area contributed by atoms with Crippen molar-refractivity contribution < 1.29 is 27.5 Å². The third-order valence-electron chi connectivity index (χ3n) is 3.94. The summed E-state index contributed by atoms with van der Waals surface area (Å²) in [5, 5.41) is 1.99. The number of benzene rings is 2. The molecule has 1 N–H and O–H groups in total. The molecule has 1 aliphatic rings. The van der Waals surface area contributed by atoms with Crippen LogP contribution in [0.3, 0.4) is 0 Å². The van der Waals surface area contributed by atoms with Gasteiger partial charge in [0, 0.05) is 16.5 Å². The summed E-state index contributed by atoms with van der Waals surface area (Å²) in [6.07, 6.45) is -4.69. The molecule has 1 saturated heterocycles. The first-order chi connectivity index (χ1) is 13.7. The van der Waals surface area contributed by atoms with Gasteiger partial charge in [0.05, 0.1) is 21.4 Å². The molecule has 3 rings (SSSR count). The maximum absolute atomic E-state index is 13.1. The summed E-state index contributed by atoms with van der Waals surface area (Å²) >= 11 is 9.27. The predicted molar refractivity (Wildman–Crippen MR) is 109 cm³/mol. The van der Waals surface area contributed by atoms with Gasteiger partial charge in [0.25, 0.3) is 5.91 Å². The SMILES string of the molecule is O=C(COC(=O)c1ccc(C2SCCS2)cc1)Nc1ccc(Cl)cc1C(F)(F)F. The molecule has 29 heavy (non-hydrogen) atoms. The normalized spacial score (nSPS) is 14.6. The van der Waals surface area contributed by atoms with E-state index in [0.29, 0.717) is 10.6 Å². The van der Waals surface area contributed by atoms with Crippen LogP contribution in [0.1, 0.15) is 26.1 Å². The molecule has 0 spiro atoms. The number of carbonyl (C=O) groups is 2. The molecule has 0 aliphatic carbocycles. The van der Waals surface area contributed by atoms with Crippen molar-refractivity contribution in [2.24, 2.45) is 0 Å². The van der Waals surface area contributed by atoms with Crippen LogP contribution in [0.4, 0.5) is 18.9 Å². The lowest BCUT2D eigenvalue weighted by atomic mass is 10.1. The molecule has 154 valence electrons. The van der Waals surface area contributed by atoms with Crippen LogP contribution in [-0.2, 0) is 15.7 Å². The van der Waals surface area contributed by atoms with Crippen molar-refractivity contribution in [1.29, 1.82) is 0 Å². The van der Waals surface area contributed by atoms with E-state index in [1.165, 1.54) is 6.07 Å². The van der Waals surface area contributed by atoms with E-state index in [4.69, 9.17) is 16.3 Å². The van der Waals surface area contributed by atoms with Gasteiger partial charge in [-0.05, 0) is 35.9 Å². The minimum absolute atomic E-state index is 0.111. The van der Waals surface area contributed by atoms with Gasteiger partial charge in [0.2, 0.25) is 0 Å². The van der Waals surface area contributed by atoms with E-state index >= 15 is 0 Å². The lowest BCUT2D eigenvalue weighted by molar-refractivity contribution is -0.137. The van der Waals surface area contributed by atoms with Gasteiger partial charge in [-0.15, -0.1) is 23.5 Å². The molecule has 2 aromatic carbocycles. The Labute approximate surface area is 178 Å². The first-order valence-electron chi connectivity index (χ1n) is 8.41. The molecular formula is C19H15ClF3NO3S2. The van der Waals surface area contributed by atoms with E-state index in [2.05, 4.69) is 5.32 Å². The van der Waals surface area contributed by atoms with Crippen molar-refractivity contribution in [2.75, 3.05) is 23.4 Å². The first-order valence-corrected chi connectivity index (χ1v) is 10.9. The van der Waals surface area contributed by atoms with Crippen LogP contribution in [-0.4, -0.2) is 30.0 Å². The zero-order valence-electron chi connectivity index (χ0n) is 14.8. The molecule has 0 radical (unpaired) electrons. The number of amides is 1. The molecule has 0 bridgehead atoms. The van der Waals surface area contributed by atoms with Crippen molar-refractivity contribution >= 4 is 52.7 Å². The minimum atomic E-state index is -4.69. The molecule has 1 heterocycles. The maximum Gasteiger partial charge on any atom is 0.418 e. The summed E-state index contributed by atoms with van der Waals surface area (Å²) in [5.41, 5.74) is -0.187. The lowest BCUT2D eigenvalue weighted by Gasteiger charge is -2.14. The number of alkyl halides is 3. The van der Waals surface area contributed by atoms with Crippen LogP contribution in [0, 0.1) is 0 Å². The Morgan fingerprint density at radius 1 is 1.10 bits per heavy atom. The molecule has 1 aliphatic heterocycles. The molecule has 4 nitrogen and oxygen atoms in total. The Kier molecular flexibility index (Phi) is 7.02. The first kappa shape index (κ1) is 21.9. The van der Waals surface area contributed by atoms with Gasteiger partial charge >= 0.3 is 12.1 Å². The topological polar surface area (TPSA) is 55.4 Å². The van der Waals surface area contributed by atoms with E-state index in [0.717, 1.165) is 23.1 Å². The van der Waals surface area contributed by atoms with Gasteiger partial charge in [-0.25, -0.2) is 4.79 Å². The minimum Gasteiger partial charge on any atom is -0.452 e. The molecule has 1 fully saturated rings. The lowest BCUT2D eigenvalue weighted by Crippen LogP contribution is -2.22. The van der Waals surface area contributed by atoms with Crippen molar-refractivity contribution in [2.45, 2.75) is 10.8 Å². The number of hydrogen-bond donors (Lipinski definition) is 1. The average Bonchev–Trinajstić information content (AvgIpc) is 3.21. The highest BCUT2D eigenvalue weighted by Crippen LogP contribution is 2.45. The molecule has 2 aromatic rings. The van der Waals surface area contributed by atoms with Crippen LogP contribution in [0.2, 0.25) is 5.02 Å². The Morgan fingerprint density at radius 3 is 2.38 bits per heavy atom. The zero-order valence-corrected chi connectivity index (χ0v) is 17.2. The van der Waals surface area contributed by atoms with Crippen LogP contribution in [0.15, 0.2) is 42.5 Å². The van der Waals surface area contributed by atoms with Crippen molar-refractivity contribution in [3.63, 3.8) is 0 Å². The Balaban J connectivity index is 1.57. The fourth-order valence-electron chi connectivity index (χ4n) is 2.59. The molecule has 1 amide bonds. The third kappa shape index (κ3) is 5.83. The van der Waals surface area contributed by atoms with Crippen LogP contribution in [0.5, 0.6) is 0 Å². The summed E-state index contributed by atoms with van der Waals surface area (Å²) in [6.45, 7) is -0.713.